The number of fused-ring (bicyclic) bond motifs is 2. The summed E-state index contributed by atoms with van der Waals surface area (Å²) in [5, 5.41) is 24.8. The van der Waals surface area contributed by atoms with E-state index in [1.54, 1.807) is 12.1 Å². The highest BCUT2D eigenvalue weighted by Crippen LogP contribution is 2.49. The van der Waals surface area contributed by atoms with Crippen LogP contribution in [0.5, 0.6) is 17.2 Å². The summed E-state index contributed by atoms with van der Waals surface area (Å²) < 4.78 is 5.32. The van der Waals surface area contributed by atoms with Gasteiger partial charge in [0.05, 0.1) is 12.7 Å². The largest absolute Gasteiger partial charge is 0.507 e. The van der Waals surface area contributed by atoms with E-state index >= 15 is 0 Å². The molecule has 2 N–H and O–H groups in total. The fourth-order valence-electron chi connectivity index (χ4n) is 3.42. The number of methoxy groups -OCH3 is 1. The number of rotatable bonds is 3. The Bertz CT molecular complexity index is 1160. The molecule has 0 aliphatic carbocycles. The van der Waals surface area contributed by atoms with Crippen LogP contribution in [0.2, 0.25) is 0 Å². The van der Waals surface area contributed by atoms with Crippen LogP contribution in [0.15, 0.2) is 60.7 Å². The van der Waals surface area contributed by atoms with E-state index in [4.69, 9.17) is 4.74 Å². The molecule has 128 valence electrons. The molecular formula is C22H16O4. The van der Waals surface area contributed by atoms with Crippen molar-refractivity contribution in [2.24, 2.45) is 0 Å². The molecule has 0 aliphatic rings. The Hall–Kier alpha value is -3.53. The summed E-state index contributed by atoms with van der Waals surface area (Å²) >= 11 is 0. The lowest BCUT2D eigenvalue weighted by atomic mass is 9.90. The molecule has 26 heavy (non-hydrogen) atoms. The molecule has 0 heterocycles. The maximum absolute atomic E-state index is 11.5. The number of carbonyl (C=O) groups excluding carboxylic acids is 1. The summed E-state index contributed by atoms with van der Waals surface area (Å²) in [4.78, 5) is 11.5. The first-order valence-corrected chi connectivity index (χ1v) is 8.14. The summed E-state index contributed by atoms with van der Waals surface area (Å²) in [6.07, 6.45) is 0.616. The van der Waals surface area contributed by atoms with Crippen molar-refractivity contribution in [3.8, 4) is 28.4 Å². The van der Waals surface area contributed by atoms with E-state index in [0.717, 1.165) is 21.5 Å². The lowest BCUT2D eigenvalue weighted by Gasteiger charge is -2.17. The molecule has 0 bridgehead atoms. The highest BCUT2D eigenvalue weighted by molar-refractivity contribution is 6.12. The van der Waals surface area contributed by atoms with E-state index in [2.05, 4.69) is 0 Å². The van der Waals surface area contributed by atoms with E-state index < -0.39 is 0 Å². The van der Waals surface area contributed by atoms with Crippen LogP contribution in [0, 0.1) is 0 Å². The van der Waals surface area contributed by atoms with Gasteiger partial charge in [-0.1, -0.05) is 48.5 Å². The Morgan fingerprint density at radius 1 is 0.808 bits per heavy atom. The molecule has 4 nitrogen and oxygen atoms in total. The third-order valence-corrected chi connectivity index (χ3v) is 4.64. The molecule has 0 spiro atoms. The minimum atomic E-state index is -0.160. The molecule has 0 amide bonds. The van der Waals surface area contributed by atoms with Gasteiger partial charge in [-0.2, -0.15) is 0 Å². The number of aromatic hydroxyl groups is 2. The molecule has 0 aliphatic heterocycles. The number of ether oxygens (including phenoxy) is 1. The van der Waals surface area contributed by atoms with Crippen molar-refractivity contribution in [2.45, 2.75) is 0 Å². The van der Waals surface area contributed by atoms with Crippen molar-refractivity contribution in [3.63, 3.8) is 0 Å². The van der Waals surface area contributed by atoms with Crippen molar-refractivity contribution in [1.29, 1.82) is 0 Å². The van der Waals surface area contributed by atoms with Gasteiger partial charge in [-0.3, -0.25) is 4.79 Å². The number of hydrogen-bond acceptors (Lipinski definition) is 4. The second kappa shape index (κ2) is 6.08. The SMILES string of the molecule is COc1cc2ccccc2c(-c2c(O)c(C=O)cc3ccccc23)c1O. The molecule has 0 aromatic heterocycles. The van der Waals surface area contributed by atoms with E-state index in [0.29, 0.717) is 23.2 Å². The predicted octanol–water partition coefficient (Wildman–Crippen LogP) is 4.89. The van der Waals surface area contributed by atoms with Crippen molar-refractivity contribution in [1.82, 2.24) is 0 Å². The van der Waals surface area contributed by atoms with Crippen LogP contribution in [0.25, 0.3) is 32.7 Å². The molecule has 4 rings (SSSR count). The maximum Gasteiger partial charge on any atom is 0.166 e. The highest BCUT2D eigenvalue weighted by atomic mass is 16.5. The molecule has 0 unspecified atom stereocenters. The van der Waals surface area contributed by atoms with Gasteiger partial charge in [-0.05, 0) is 33.7 Å². The van der Waals surface area contributed by atoms with Gasteiger partial charge in [0.25, 0.3) is 0 Å². The molecule has 4 heteroatoms. The number of aldehydes is 1. The Labute approximate surface area is 149 Å². The van der Waals surface area contributed by atoms with Crippen LogP contribution in [-0.2, 0) is 0 Å². The maximum atomic E-state index is 11.5. The second-order valence-corrected chi connectivity index (χ2v) is 6.05. The summed E-state index contributed by atoms with van der Waals surface area (Å²) in [7, 11) is 1.48. The molecule has 0 atom stereocenters. The zero-order chi connectivity index (χ0) is 18.3. The lowest BCUT2D eigenvalue weighted by Crippen LogP contribution is -1.93. The van der Waals surface area contributed by atoms with E-state index in [1.807, 2.05) is 48.5 Å². The molecule has 0 saturated heterocycles. The van der Waals surface area contributed by atoms with Gasteiger partial charge in [0, 0.05) is 11.1 Å². The minimum absolute atomic E-state index is 0.0743. The molecule has 0 saturated carbocycles. The first kappa shape index (κ1) is 16.0. The lowest BCUT2D eigenvalue weighted by molar-refractivity contribution is 0.112. The zero-order valence-electron chi connectivity index (χ0n) is 14.1. The number of benzene rings is 4. The smallest absolute Gasteiger partial charge is 0.166 e. The minimum Gasteiger partial charge on any atom is -0.507 e. The van der Waals surface area contributed by atoms with Crippen molar-refractivity contribution >= 4 is 27.8 Å². The fourth-order valence-corrected chi connectivity index (χ4v) is 3.42. The first-order chi connectivity index (χ1) is 12.7. The van der Waals surface area contributed by atoms with Crippen LogP contribution >= 0.6 is 0 Å². The summed E-state index contributed by atoms with van der Waals surface area (Å²) in [6.45, 7) is 0. The summed E-state index contributed by atoms with van der Waals surface area (Å²) in [5.41, 5.74) is 1.03. The summed E-state index contributed by atoms with van der Waals surface area (Å²) in [6, 6.07) is 18.3. The standard InChI is InChI=1S/C22H16O4/c1-26-18-11-14-7-3-5-9-17(14)20(22(18)25)19-16-8-4-2-6-13(16)10-15(12-23)21(19)24/h2-12,24-25H,1H3. The number of hydrogen-bond donors (Lipinski definition) is 2. The highest BCUT2D eigenvalue weighted by Gasteiger charge is 2.22. The Kier molecular flexibility index (Phi) is 3.73. The van der Waals surface area contributed by atoms with Gasteiger partial charge >= 0.3 is 0 Å². The predicted molar refractivity (Wildman–Crippen MR) is 102 cm³/mol. The Morgan fingerprint density at radius 3 is 1.92 bits per heavy atom. The molecule has 0 radical (unpaired) electrons. The third kappa shape index (κ3) is 2.27. The van der Waals surface area contributed by atoms with Gasteiger partial charge < -0.3 is 14.9 Å². The van der Waals surface area contributed by atoms with Gasteiger partial charge in [-0.25, -0.2) is 0 Å². The number of carbonyl (C=O) groups is 1. The third-order valence-electron chi connectivity index (χ3n) is 4.64. The molecule has 4 aromatic carbocycles. The number of phenolic OH excluding ortho intramolecular Hbond substituents is 2. The van der Waals surface area contributed by atoms with E-state index in [1.165, 1.54) is 7.11 Å². The van der Waals surface area contributed by atoms with E-state index in [-0.39, 0.29) is 17.1 Å². The topological polar surface area (TPSA) is 66.8 Å². The van der Waals surface area contributed by atoms with Crippen LogP contribution in [0.4, 0.5) is 0 Å². The van der Waals surface area contributed by atoms with Gasteiger partial charge in [0.2, 0.25) is 0 Å². The molecule has 0 fully saturated rings. The van der Waals surface area contributed by atoms with Crippen LogP contribution < -0.4 is 4.74 Å². The van der Waals surface area contributed by atoms with Crippen LogP contribution in [-0.4, -0.2) is 23.6 Å². The Morgan fingerprint density at radius 2 is 1.35 bits per heavy atom. The van der Waals surface area contributed by atoms with Crippen LogP contribution in [0.3, 0.4) is 0 Å². The monoisotopic (exact) mass is 344 g/mol. The van der Waals surface area contributed by atoms with Gasteiger partial charge in [0.1, 0.15) is 5.75 Å². The Balaban J connectivity index is 2.26. The van der Waals surface area contributed by atoms with Gasteiger partial charge in [-0.15, -0.1) is 0 Å². The van der Waals surface area contributed by atoms with Crippen molar-refractivity contribution < 1.29 is 19.7 Å². The van der Waals surface area contributed by atoms with Crippen molar-refractivity contribution in [3.05, 3.63) is 66.2 Å². The average Bonchev–Trinajstić information content (AvgIpc) is 2.68. The average molecular weight is 344 g/mol. The molecule has 4 aromatic rings. The van der Waals surface area contributed by atoms with E-state index in [9.17, 15) is 15.0 Å². The van der Waals surface area contributed by atoms with Gasteiger partial charge in [0.15, 0.2) is 17.8 Å². The second-order valence-electron chi connectivity index (χ2n) is 6.05. The first-order valence-electron chi connectivity index (χ1n) is 8.14. The van der Waals surface area contributed by atoms with Crippen molar-refractivity contribution in [2.75, 3.05) is 7.11 Å². The molecular weight excluding hydrogens is 328 g/mol. The summed E-state index contributed by atoms with van der Waals surface area (Å²) in [5.74, 6) is 0.0702. The van der Waals surface area contributed by atoms with Crippen LogP contribution in [0.1, 0.15) is 10.4 Å². The number of phenols is 2. The fraction of sp³-hybridized carbons (Fsp3) is 0.0455. The quantitative estimate of drug-likeness (QED) is 0.519. The normalized spacial score (nSPS) is 11.0. The zero-order valence-corrected chi connectivity index (χ0v) is 14.1.